The third-order valence-electron chi connectivity index (χ3n) is 2.10. The molecule has 0 amide bonds. The zero-order chi connectivity index (χ0) is 10.6. The van der Waals surface area contributed by atoms with Gasteiger partial charge in [-0.15, -0.1) is 0 Å². The van der Waals surface area contributed by atoms with Gasteiger partial charge in [0.05, 0.1) is 10.6 Å². The van der Waals surface area contributed by atoms with Crippen molar-refractivity contribution in [1.82, 2.24) is 0 Å². The van der Waals surface area contributed by atoms with Gasteiger partial charge in [0.2, 0.25) is 0 Å². The van der Waals surface area contributed by atoms with Gasteiger partial charge in [-0.25, -0.2) is 4.39 Å². The Kier molecular flexibility index (Phi) is 4.39. The van der Waals surface area contributed by atoms with Crippen molar-refractivity contribution in [3.8, 4) is 5.75 Å². The van der Waals surface area contributed by atoms with Crippen LogP contribution in [0.4, 0.5) is 4.39 Å². The molecule has 0 aromatic heterocycles. The molecule has 3 heteroatoms. The van der Waals surface area contributed by atoms with Crippen LogP contribution in [0, 0.1) is 5.82 Å². The SMILES string of the molecule is CCC(CC)Oc1ccc(F)c(Br)c1. The second-order valence-corrected chi connectivity index (χ2v) is 3.99. The summed E-state index contributed by atoms with van der Waals surface area (Å²) in [6.07, 6.45) is 2.14. The molecule has 0 heterocycles. The minimum absolute atomic E-state index is 0.215. The van der Waals surface area contributed by atoms with Crippen LogP contribution in [0.15, 0.2) is 22.7 Å². The Morgan fingerprint density at radius 3 is 2.50 bits per heavy atom. The number of hydrogen-bond donors (Lipinski definition) is 0. The fourth-order valence-corrected chi connectivity index (χ4v) is 1.56. The van der Waals surface area contributed by atoms with Crippen molar-refractivity contribution in [3.63, 3.8) is 0 Å². The van der Waals surface area contributed by atoms with Crippen LogP contribution in [0.1, 0.15) is 26.7 Å². The fraction of sp³-hybridized carbons (Fsp3) is 0.455. The maximum Gasteiger partial charge on any atom is 0.137 e. The first-order valence-electron chi connectivity index (χ1n) is 4.79. The molecule has 0 unspecified atom stereocenters. The Morgan fingerprint density at radius 1 is 1.36 bits per heavy atom. The van der Waals surface area contributed by atoms with Crippen molar-refractivity contribution in [2.24, 2.45) is 0 Å². The smallest absolute Gasteiger partial charge is 0.137 e. The summed E-state index contributed by atoms with van der Waals surface area (Å²) < 4.78 is 19.0. The lowest BCUT2D eigenvalue weighted by Crippen LogP contribution is -2.13. The second-order valence-electron chi connectivity index (χ2n) is 3.13. The summed E-state index contributed by atoms with van der Waals surface area (Å²) in [4.78, 5) is 0. The van der Waals surface area contributed by atoms with Crippen LogP contribution < -0.4 is 4.74 Å². The predicted octanol–water partition coefficient (Wildman–Crippen LogP) is 4.16. The average molecular weight is 261 g/mol. The Hall–Kier alpha value is -0.570. The van der Waals surface area contributed by atoms with Crippen LogP contribution in [0.3, 0.4) is 0 Å². The van der Waals surface area contributed by atoms with Gasteiger partial charge < -0.3 is 4.74 Å². The third kappa shape index (κ3) is 2.98. The van der Waals surface area contributed by atoms with Crippen molar-refractivity contribution in [2.45, 2.75) is 32.8 Å². The van der Waals surface area contributed by atoms with Crippen LogP contribution in [0.25, 0.3) is 0 Å². The van der Waals surface area contributed by atoms with Gasteiger partial charge in [-0.2, -0.15) is 0 Å². The zero-order valence-corrected chi connectivity index (χ0v) is 9.97. The Morgan fingerprint density at radius 2 is 2.00 bits per heavy atom. The minimum atomic E-state index is -0.262. The van der Waals surface area contributed by atoms with Crippen LogP contribution in [0.2, 0.25) is 0 Å². The average Bonchev–Trinajstić information content (AvgIpc) is 2.19. The van der Waals surface area contributed by atoms with E-state index >= 15 is 0 Å². The molecule has 0 bridgehead atoms. The molecule has 1 aromatic rings. The maximum absolute atomic E-state index is 12.9. The molecule has 78 valence electrons. The van der Waals surface area contributed by atoms with E-state index in [4.69, 9.17) is 4.74 Å². The topological polar surface area (TPSA) is 9.23 Å². The molecule has 0 aliphatic heterocycles. The number of benzene rings is 1. The lowest BCUT2D eigenvalue weighted by atomic mass is 10.2. The van der Waals surface area contributed by atoms with Gasteiger partial charge >= 0.3 is 0 Å². The highest BCUT2D eigenvalue weighted by molar-refractivity contribution is 9.10. The second kappa shape index (κ2) is 5.35. The minimum Gasteiger partial charge on any atom is -0.490 e. The van der Waals surface area contributed by atoms with Gasteiger partial charge in [0.15, 0.2) is 0 Å². The summed E-state index contributed by atoms with van der Waals surface area (Å²) in [5.74, 6) is 0.453. The molecular formula is C11H14BrFO. The summed E-state index contributed by atoms with van der Waals surface area (Å²) in [5.41, 5.74) is 0. The summed E-state index contributed by atoms with van der Waals surface area (Å²) in [6, 6.07) is 4.72. The van der Waals surface area contributed by atoms with E-state index in [1.54, 1.807) is 12.1 Å². The number of rotatable bonds is 4. The molecule has 0 radical (unpaired) electrons. The fourth-order valence-electron chi connectivity index (χ4n) is 1.20. The van der Waals surface area contributed by atoms with Crippen LogP contribution in [-0.4, -0.2) is 6.10 Å². The van der Waals surface area contributed by atoms with Gasteiger partial charge in [-0.05, 0) is 47.0 Å². The number of hydrogen-bond acceptors (Lipinski definition) is 1. The molecule has 0 N–H and O–H groups in total. The van der Waals surface area contributed by atoms with E-state index in [0.29, 0.717) is 10.2 Å². The number of ether oxygens (including phenoxy) is 1. The van der Waals surface area contributed by atoms with E-state index in [9.17, 15) is 4.39 Å². The Labute approximate surface area is 92.4 Å². The van der Waals surface area contributed by atoms with Gasteiger partial charge in [0, 0.05) is 0 Å². The van der Waals surface area contributed by atoms with E-state index < -0.39 is 0 Å². The summed E-state index contributed by atoms with van der Waals surface area (Å²) in [7, 11) is 0. The predicted molar refractivity (Wildman–Crippen MR) is 59.1 cm³/mol. The van der Waals surface area contributed by atoms with Crippen molar-refractivity contribution < 1.29 is 9.13 Å². The van der Waals surface area contributed by atoms with Gasteiger partial charge in [0.1, 0.15) is 11.6 Å². The largest absolute Gasteiger partial charge is 0.490 e. The highest BCUT2D eigenvalue weighted by Gasteiger charge is 2.06. The molecule has 1 rings (SSSR count). The van der Waals surface area contributed by atoms with Gasteiger partial charge in [0.25, 0.3) is 0 Å². The number of halogens is 2. The first-order chi connectivity index (χ1) is 6.67. The van der Waals surface area contributed by atoms with Crippen molar-refractivity contribution in [3.05, 3.63) is 28.5 Å². The monoisotopic (exact) mass is 260 g/mol. The molecule has 1 nitrogen and oxygen atoms in total. The molecule has 0 saturated carbocycles. The van der Waals surface area contributed by atoms with E-state index in [1.165, 1.54) is 6.07 Å². The van der Waals surface area contributed by atoms with Crippen molar-refractivity contribution in [2.75, 3.05) is 0 Å². The molecule has 0 atom stereocenters. The van der Waals surface area contributed by atoms with Crippen molar-refractivity contribution in [1.29, 1.82) is 0 Å². The summed E-state index contributed by atoms with van der Waals surface area (Å²) in [6.45, 7) is 4.15. The first kappa shape index (κ1) is 11.5. The first-order valence-corrected chi connectivity index (χ1v) is 5.58. The third-order valence-corrected chi connectivity index (χ3v) is 2.71. The van der Waals surface area contributed by atoms with E-state index in [0.717, 1.165) is 12.8 Å². The quantitative estimate of drug-likeness (QED) is 0.790. The van der Waals surface area contributed by atoms with E-state index in [-0.39, 0.29) is 11.9 Å². The highest BCUT2D eigenvalue weighted by atomic mass is 79.9. The highest BCUT2D eigenvalue weighted by Crippen LogP contribution is 2.23. The van der Waals surface area contributed by atoms with Crippen LogP contribution >= 0.6 is 15.9 Å². The molecule has 0 aliphatic carbocycles. The summed E-state index contributed by atoms with van der Waals surface area (Å²) >= 11 is 3.12. The zero-order valence-electron chi connectivity index (χ0n) is 8.39. The molecule has 0 aliphatic rings. The van der Waals surface area contributed by atoms with Gasteiger partial charge in [-0.3, -0.25) is 0 Å². The van der Waals surface area contributed by atoms with E-state index in [1.807, 2.05) is 0 Å². The molecule has 0 saturated heterocycles. The van der Waals surface area contributed by atoms with Crippen LogP contribution in [-0.2, 0) is 0 Å². The van der Waals surface area contributed by atoms with Crippen molar-refractivity contribution >= 4 is 15.9 Å². The molecule has 0 fully saturated rings. The molecular weight excluding hydrogens is 247 g/mol. The Bertz CT molecular complexity index is 297. The lowest BCUT2D eigenvalue weighted by Gasteiger charge is -2.15. The molecule has 1 aromatic carbocycles. The lowest BCUT2D eigenvalue weighted by molar-refractivity contribution is 0.192. The molecule has 0 spiro atoms. The standard InChI is InChI=1S/C11H14BrFO/c1-3-8(4-2)14-9-5-6-11(13)10(12)7-9/h5-8H,3-4H2,1-2H3. The maximum atomic E-state index is 12.9. The summed E-state index contributed by atoms with van der Waals surface area (Å²) in [5, 5.41) is 0. The molecule has 14 heavy (non-hydrogen) atoms. The Balaban J connectivity index is 2.72. The normalized spacial score (nSPS) is 10.6. The van der Waals surface area contributed by atoms with Gasteiger partial charge in [-0.1, -0.05) is 13.8 Å². The van der Waals surface area contributed by atoms with Crippen LogP contribution in [0.5, 0.6) is 5.75 Å². The van der Waals surface area contributed by atoms with E-state index in [2.05, 4.69) is 29.8 Å².